The molecule has 0 aliphatic carbocycles. The molecule has 0 aliphatic heterocycles. The van der Waals surface area contributed by atoms with Crippen molar-refractivity contribution in [3.63, 3.8) is 0 Å². The number of thiazole rings is 1. The molecule has 0 spiro atoms. The van der Waals surface area contributed by atoms with E-state index in [1.807, 2.05) is 37.4 Å². The number of likely N-dealkylation sites (N-methyl/N-ethyl adjacent to an activating group) is 1. The van der Waals surface area contributed by atoms with Crippen molar-refractivity contribution in [2.24, 2.45) is 0 Å². The van der Waals surface area contributed by atoms with E-state index in [4.69, 9.17) is 4.74 Å². The highest BCUT2D eigenvalue weighted by Crippen LogP contribution is 2.31. The van der Waals surface area contributed by atoms with Gasteiger partial charge < -0.3 is 9.64 Å². The Morgan fingerprint density at radius 3 is 2.55 bits per heavy atom. The smallest absolute Gasteiger partial charge is 0.266 e. The molecular formula is C20H23ClFN3O2S2. The third-order valence-corrected chi connectivity index (χ3v) is 5.83. The van der Waals surface area contributed by atoms with Crippen LogP contribution in [0.2, 0.25) is 0 Å². The van der Waals surface area contributed by atoms with Gasteiger partial charge in [0.25, 0.3) is 5.91 Å². The van der Waals surface area contributed by atoms with E-state index in [9.17, 15) is 9.18 Å². The summed E-state index contributed by atoms with van der Waals surface area (Å²) in [6, 6.07) is 11.7. The summed E-state index contributed by atoms with van der Waals surface area (Å²) in [6.45, 7) is 1.08. The molecule has 0 radical (unpaired) electrons. The number of amides is 1. The molecule has 0 saturated carbocycles. The van der Waals surface area contributed by atoms with Crippen LogP contribution < -0.4 is 9.64 Å². The molecular weight excluding hydrogens is 433 g/mol. The average molecular weight is 456 g/mol. The van der Waals surface area contributed by atoms with E-state index in [0.717, 1.165) is 15.1 Å². The predicted molar refractivity (Wildman–Crippen MR) is 121 cm³/mol. The van der Waals surface area contributed by atoms with Crippen LogP contribution in [-0.2, 0) is 4.79 Å². The molecule has 0 saturated heterocycles. The van der Waals surface area contributed by atoms with Gasteiger partial charge in [-0.05, 0) is 62.8 Å². The van der Waals surface area contributed by atoms with Crippen LogP contribution in [-0.4, -0.2) is 55.8 Å². The van der Waals surface area contributed by atoms with Crippen molar-refractivity contribution in [1.29, 1.82) is 0 Å². The minimum atomic E-state index is -0.342. The van der Waals surface area contributed by atoms with E-state index in [2.05, 4.69) is 11.1 Å². The molecule has 3 aromatic rings. The van der Waals surface area contributed by atoms with Crippen LogP contribution in [0.15, 0.2) is 47.4 Å². The summed E-state index contributed by atoms with van der Waals surface area (Å²) in [5.41, 5.74) is 0.875. The van der Waals surface area contributed by atoms with Gasteiger partial charge in [-0.3, -0.25) is 9.69 Å². The number of carbonyl (C=O) groups is 1. The molecule has 9 heteroatoms. The highest BCUT2D eigenvalue weighted by Gasteiger charge is 2.20. The number of anilines is 1. The molecule has 0 atom stereocenters. The van der Waals surface area contributed by atoms with Crippen LogP contribution in [0.25, 0.3) is 10.2 Å². The summed E-state index contributed by atoms with van der Waals surface area (Å²) in [5, 5.41) is 0.655. The lowest BCUT2D eigenvalue weighted by molar-refractivity contribution is -0.120. The summed E-state index contributed by atoms with van der Waals surface area (Å²) in [5.74, 6) is -0.0723. The average Bonchev–Trinajstić information content (AvgIpc) is 3.10. The number of rotatable bonds is 8. The van der Waals surface area contributed by atoms with E-state index in [0.29, 0.717) is 24.0 Å². The van der Waals surface area contributed by atoms with E-state index >= 15 is 0 Å². The first-order valence-electron chi connectivity index (χ1n) is 8.74. The zero-order chi connectivity index (χ0) is 20.1. The quantitative estimate of drug-likeness (QED) is 0.466. The summed E-state index contributed by atoms with van der Waals surface area (Å²) in [7, 11) is 3.92. The third-order valence-electron chi connectivity index (χ3n) is 4.06. The Hall–Kier alpha value is -1.87. The normalized spacial score (nSPS) is 10.8. The van der Waals surface area contributed by atoms with Gasteiger partial charge >= 0.3 is 0 Å². The third kappa shape index (κ3) is 6.30. The number of carbonyl (C=O) groups excluding carboxylic acids is 1. The standard InChI is InChI=1S/C20H22FN3O2S2.ClH/c1-23(2)10-11-24(19(25)13-26-15-6-4-14(21)5-7-15)20-22-17-9-8-16(27-3)12-18(17)28-20;/h4-9,12H,10-11,13H2,1-3H3;1H. The topological polar surface area (TPSA) is 45.7 Å². The first kappa shape index (κ1) is 23.4. The van der Waals surface area contributed by atoms with Gasteiger partial charge in [0, 0.05) is 18.0 Å². The zero-order valence-electron chi connectivity index (χ0n) is 16.4. The predicted octanol–water partition coefficient (Wildman–Crippen LogP) is 4.55. The number of thioether (sulfide) groups is 1. The Kier molecular flexibility index (Phi) is 8.70. The molecule has 29 heavy (non-hydrogen) atoms. The number of fused-ring (bicyclic) bond motifs is 1. The minimum absolute atomic E-state index is 0. The summed E-state index contributed by atoms with van der Waals surface area (Å²) >= 11 is 3.17. The van der Waals surface area contributed by atoms with Crippen molar-refractivity contribution >= 4 is 56.8 Å². The number of halogens is 2. The van der Waals surface area contributed by atoms with Crippen molar-refractivity contribution < 1.29 is 13.9 Å². The lowest BCUT2D eigenvalue weighted by Gasteiger charge is -2.22. The molecule has 1 amide bonds. The lowest BCUT2D eigenvalue weighted by atomic mass is 10.3. The van der Waals surface area contributed by atoms with E-state index in [1.54, 1.807) is 16.7 Å². The SMILES string of the molecule is CSc1ccc2nc(N(CCN(C)C)C(=O)COc3ccc(F)cc3)sc2c1.Cl. The first-order chi connectivity index (χ1) is 13.5. The number of nitrogens with zero attached hydrogens (tertiary/aromatic N) is 3. The molecule has 0 bridgehead atoms. The van der Waals surface area contributed by atoms with Gasteiger partial charge in [-0.2, -0.15) is 0 Å². The molecule has 2 aromatic carbocycles. The van der Waals surface area contributed by atoms with Gasteiger partial charge in [0.2, 0.25) is 0 Å². The Labute approximate surface area is 184 Å². The van der Waals surface area contributed by atoms with E-state index in [-0.39, 0.29) is 30.7 Å². The maximum atomic E-state index is 13.0. The van der Waals surface area contributed by atoms with Crippen LogP contribution in [0.5, 0.6) is 5.75 Å². The van der Waals surface area contributed by atoms with Gasteiger partial charge in [-0.15, -0.1) is 24.2 Å². The molecule has 0 aliphatic rings. The summed E-state index contributed by atoms with van der Waals surface area (Å²) in [6.07, 6.45) is 2.03. The second kappa shape index (κ2) is 10.8. The fourth-order valence-corrected chi connectivity index (χ4v) is 4.08. The summed E-state index contributed by atoms with van der Waals surface area (Å²) < 4.78 is 19.6. The zero-order valence-corrected chi connectivity index (χ0v) is 18.9. The Balaban J connectivity index is 0.00000300. The van der Waals surface area contributed by atoms with Crippen molar-refractivity contribution in [1.82, 2.24) is 9.88 Å². The van der Waals surface area contributed by atoms with E-state index in [1.165, 1.54) is 35.6 Å². The number of aromatic nitrogens is 1. The van der Waals surface area contributed by atoms with Crippen LogP contribution >= 0.6 is 35.5 Å². The number of hydrogen-bond donors (Lipinski definition) is 0. The molecule has 0 unspecified atom stereocenters. The van der Waals surface area contributed by atoms with Gasteiger partial charge in [-0.25, -0.2) is 9.37 Å². The largest absolute Gasteiger partial charge is 0.484 e. The highest BCUT2D eigenvalue weighted by molar-refractivity contribution is 7.98. The molecule has 156 valence electrons. The van der Waals surface area contributed by atoms with Gasteiger partial charge in [0.15, 0.2) is 11.7 Å². The number of ether oxygens (including phenoxy) is 1. The fourth-order valence-electron chi connectivity index (χ4n) is 2.52. The second-order valence-corrected chi connectivity index (χ2v) is 8.31. The van der Waals surface area contributed by atoms with Gasteiger partial charge in [0.1, 0.15) is 11.6 Å². The molecule has 5 nitrogen and oxygen atoms in total. The van der Waals surface area contributed by atoms with Crippen LogP contribution in [0.4, 0.5) is 9.52 Å². The van der Waals surface area contributed by atoms with Gasteiger partial charge in [0.05, 0.1) is 10.2 Å². The van der Waals surface area contributed by atoms with Crippen LogP contribution in [0.3, 0.4) is 0 Å². The highest BCUT2D eigenvalue weighted by atomic mass is 35.5. The van der Waals surface area contributed by atoms with Crippen molar-refractivity contribution in [3.05, 3.63) is 48.3 Å². The molecule has 1 heterocycles. The fraction of sp³-hybridized carbons (Fsp3) is 0.300. The minimum Gasteiger partial charge on any atom is -0.484 e. The summed E-state index contributed by atoms with van der Waals surface area (Å²) in [4.78, 5) is 22.3. The first-order valence-corrected chi connectivity index (χ1v) is 10.8. The molecule has 1 aromatic heterocycles. The molecule has 0 fully saturated rings. The lowest BCUT2D eigenvalue weighted by Crippen LogP contribution is -2.39. The number of benzene rings is 2. The van der Waals surface area contributed by atoms with Crippen LogP contribution in [0, 0.1) is 5.82 Å². The van der Waals surface area contributed by atoms with Crippen molar-refractivity contribution in [2.75, 3.05) is 44.9 Å². The maximum absolute atomic E-state index is 13.0. The maximum Gasteiger partial charge on any atom is 0.266 e. The van der Waals surface area contributed by atoms with Crippen molar-refractivity contribution in [3.8, 4) is 5.75 Å². The van der Waals surface area contributed by atoms with Crippen molar-refractivity contribution in [2.45, 2.75) is 4.90 Å². The molecule has 0 N–H and O–H groups in total. The number of hydrogen-bond acceptors (Lipinski definition) is 6. The Morgan fingerprint density at radius 2 is 1.90 bits per heavy atom. The van der Waals surface area contributed by atoms with Gasteiger partial charge in [-0.1, -0.05) is 11.3 Å². The molecule has 3 rings (SSSR count). The second-order valence-electron chi connectivity index (χ2n) is 6.42. The van der Waals surface area contributed by atoms with E-state index < -0.39 is 0 Å². The Bertz CT molecular complexity index is 951. The Morgan fingerprint density at radius 1 is 1.17 bits per heavy atom. The monoisotopic (exact) mass is 455 g/mol. The van der Waals surface area contributed by atoms with Crippen LogP contribution in [0.1, 0.15) is 0 Å².